The summed E-state index contributed by atoms with van der Waals surface area (Å²) in [5, 5.41) is 10.2. The highest BCUT2D eigenvalue weighted by Gasteiger charge is 2.42. The first-order valence-corrected chi connectivity index (χ1v) is 5.82. The molecule has 0 aromatic carbocycles. The molecule has 4 atom stereocenters. The van der Waals surface area contributed by atoms with Crippen molar-refractivity contribution in [2.75, 3.05) is 21.0 Å². The summed E-state index contributed by atoms with van der Waals surface area (Å²) in [5.41, 5.74) is 0. The largest absolute Gasteiger partial charge is 0.490 e. The Morgan fingerprint density at radius 2 is 2.12 bits per heavy atom. The fourth-order valence-electron chi connectivity index (χ4n) is 2.04. The van der Waals surface area contributed by atoms with Gasteiger partial charge in [0.1, 0.15) is 37.0 Å². The predicted octanol–water partition coefficient (Wildman–Crippen LogP) is 1.06. The van der Waals surface area contributed by atoms with E-state index in [-0.39, 0.29) is 12.9 Å². The fraction of sp³-hybridized carbons (Fsp3) is 0.833. The van der Waals surface area contributed by atoms with E-state index in [1.54, 1.807) is 0 Å². The van der Waals surface area contributed by atoms with E-state index in [2.05, 4.69) is 6.58 Å². The fourth-order valence-corrected chi connectivity index (χ4v) is 2.04. The van der Waals surface area contributed by atoms with E-state index in [0.717, 1.165) is 12.8 Å². The quantitative estimate of drug-likeness (QED) is 0.710. The molecule has 1 saturated heterocycles. The molecule has 17 heavy (non-hydrogen) atoms. The van der Waals surface area contributed by atoms with Crippen LogP contribution in [0, 0.1) is 0 Å². The van der Waals surface area contributed by atoms with Gasteiger partial charge in [0.15, 0.2) is 0 Å². The lowest BCUT2D eigenvalue weighted by Gasteiger charge is -2.40. The van der Waals surface area contributed by atoms with Gasteiger partial charge < -0.3 is 24.1 Å². The molecule has 0 aromatic rings. The minimum atomic E-state index is -0.784. The van der Waals surface area contributed by atoms with Gasteiger partial charge in [-0.05, 0) is 6.42 Å². The first kappa shape index (κ1) is 14.4. The van der Waals surface area contributed by atoms with Crippen LogP contribution in [-0.2, 0) is 18.9 Å². The Kier molecular flexibility index (Phi) is 5.91. The van der Waals surface area contributed by atoms with Crippen LogP contribution in [0.15, 0.2) is 12.3 Å². The van der Waals surface area contributed by atoms with E-state index in [4.69, 9.17) is 18.9 Å². The molecule has 5 nitrogen and oxygen atoms in total. The van der Waals surface area contributed by atoms with Gasteiger partial charge in [0.25, 0.3) is 0 Å². The second-order valence-electron chi connectivity index (χ2n) is 4.10. The van der Waals surface area contributed by atoms with Crippen molar-refractivity contribution < 1.29 is 24.1 Å². The van der Waals surface area contributed by atoms with E-state index >= 15 is 0 Å². The summed E-state index contributed by atoms with van der Waals surface area (Å²) in [6, 6.07) is 0. The van der Waals surface area contributed by atoms with Crippen molar-refractivity contribution in [1.82, 2.24) is 0 Å². The lowest BCUT2D eigenvalue weighted by Crippen LogP contribution is -2.53. The molecular weight excluding hydrogens is 224 g/mol. The molecule has 0 radical (unpaired) electrons. The maximum absolute atomic E-state index is 10.2. The van der Waals surface area contributed by atoms with Gasteiger partial charge in [0.2, 0.25) is 0 Å². The summed E-state index contributed by atoms with van der Waals surface area (Å²) in [6.07, 6.45) is -0.261. The number of rotatable bonds is 6. The normalized spacial score (nSPS) is 33.5. The van der Waals surface area contributed by atoms with E-state index in [1.165, 1.54) is 14.2 Å². The molecule has 0 saturated carbocycles. The Morgan fingerprint density at radius 1 is 1.41 bits per heavy atom. The van der Waals surface area contributed by atoms with Crippen molar-refractivity contribution in [3.8, 4) is 0 Å². The lowest BCUT2D eigenvalue weighted by atomic mass is 9.95. The maximum atomic E-state index is 10.2. The zero-order valence-corrected chi connectivity index (χ0v) is 10.7. The van der Waals surface area contributed by atoms with Gasteiger partial charge in [0, 0.05) is 14.2 Å². The van der Waals surface area contributed by atoms with Crippen LogP contribution < -0.4 is 0 Å². The van der Waals surface area contributed by atoms with E-state index < -0.39 is 18.3 Å². The topological polar surface area (TPSA) is 57.2 Å². The highest BCUT2D eigenvalue weighted by Crippen LogP contribution is 2.29. The molecule has 100 valence electrons. The van der Waals surface area contributed by atoms with Crippen LogP contribution >= 0.6 is 0 Å². The SMILES string of the molecule is C=C1OC(CCC)C(OCOC)C(O)C1OC. The summed E-state index contributed by atoms with van der Waals surface area (Å²) < 4.78 is 21.1. The van der Waals surface area contributed by atoms with Crippen LogP contribution in [0.1, 0.15) is 19.8 Å². The third kappa shape index (κ3) is 3.42. The molecule has 0 spiro atoms. The van der Waals surface area contributed by atoms with E-state index in [9.17, 15) is 5.11 Å². The Hall–Kier alpha value is -0.620. The average molecular weight is 246 g/mol. The lowest BCUT2D eigenvalue weighted by molar-refractivity contribution is -0.208. The summed E-state index contributed by atoms with van der Waals surface area (Å²) in [6.45, 7) is 5.94. The third-order valence-electron chi connectivity index (χ3n) is 2.84. The van der Waals surface area contributed by atoms with Gasteiger partial charge in [-0.1, -0.05) is 19.9 Å². The number of aliphatic hydroxyl groups is 1. The van der Waals surface area contributed by atoms with Crippen molar-refractivity contribution in [3.05, 3.63) is 12.3 Å². The molecule has 1 fully saturated rings. The van der Waals surface area contributed by atoms with Crippen molar-refractivity contribution in [1.29, 1.82) is 0 Å². The van der Waals surface area contributed by atoms with Gasteiger partial charge >= 0.3 is 0 Å². The molecule has 5 heteroatoms. The van der Waals surface area contributed by atoms with E-state index in [0.29, 0.717) is 5.76 Å². The minimum Gasteiger partial charge on any atom is -0.490 e. The molecule has 1 heterocycles. The monoisotopic (exact) mass is 246 g/mol. The first-order chi connectivity index (χ1) is 8.15. The molecule has 0 bridgehead atoms. The number of hydrogen-bond acceptors (Lipinski definition) is 5. The van der Waals surface area contributed by atoms with Crippen molar-refractivity contribution in [2.24, 2.45) is 0 Å². The maximum Gasteiger partial charge on any atom is 0.147 e. The Balaban J connectivity index is 2.72. The van der Waals surface area contributed by atoms with Gasteiger partial charge in [-0.25, -0.2) is 0 Å². The zero-order chi connectivity index (χ0) is 12.8. The average Bonchev–Trinajstić information content (AvgIpc) is 2.29. The second kappa shape index (κ2) is 6.96. The number of aliphatic hydroxyl groups excluding tert-OH is 1. The predicted molar refractivity (Wildman–Crippen MR) is 62.5 cm³/mol. The summed E-state index contributed by atoms with van der Waals surface area (Å²) in [4.78, 5) is 0. The number of ether oxygens (including phenoxy) is 4. The summed E-state index contributed by atoms with van der Waals surface area (Å²) >= 11 is 0. The highest BCUT2D eigenvalue weighted by molar-refractivity contribution is 5.06. The minimum absolute atomic E-state index is 0.119. The van der Waals surface area contributed by atoms with E-state index in [1.807, 2.05) is 6.92 Å². The molecule has 1 aliphatic rings. The molecule has 4 unspecified atom stereocenters. The van der Waals surface area contributed by atoms with Crippen LogP contribution in [0.5, 0.6) is 0 Å². The van der Waals surface area contributed by atoms with Crippen LogP contribution in [-0.4, -0.2) is 50.5 Å². The van der Waals surface area contributed by atoms with Gasteiger partial charge in [-0.15, -0.1) is 0 Å². The van der Waals surface area contributed by atoms with Crippen molar-refractivity contribution in [2.45, 2.75) is 44.2 Å². The summed E-state index contributed by atoms with van der Waals surface area (Å²) in [5.74, 6) is 0.454. The van der Waals surface area contributed by atoms with Crippen LogP contribution in [0.25, 0.3) is 0 Å². The third-order valence-corrected chi connectivity index (χ3v) is 2.84. The molecule has 0 amide bonds. The highest BCUT2D eigenvalue weighted by atomic mass is 16.7. The molecule has 1 aliphatic heterocycles. The molecular formula is C12H22O5. The molecule has 1 rings (SSSR count). The molecule has 0 aromatic heterocycles. The summed E-state index contributed by atoms with van der Waals surface area (Å²) in [7, 11) is 3.05. The number of hydrogen-bond donors (Lipinski definition) is 1. The van der Waals surface area contributed by atoms with Crippen molar-refractivity contribution >= 4 is 0 Å². The van der Waals surface area contributed by atoms with Gasteiger partial charge in [-0.3, -0.25) is 0 Å². The van der Waals surface area contributed by atoms with Crippen LogP contribution in [0.4, 0.5) is 0 Å². The standard InChI is InChI=1S/C12H22O5/c1-5-6-9-12(16-7-14-3)10(13)11(15-4)8(2)17-9/h9-13H,2,5-7H2,1,3-4H3. The molecule has 0 aliphatic carbocycles. The smallest absolute Gasteiger partial charge is 0.147 e. The van der Waals surface area contributed by atoms with Gasteiger partial charge in [0.05, 0.1) is 0 Å². The van der Waals surface area contributed by atoms with Gasteiger partial charge in [-0.2, -0.15) is 0 Å². The molecule has 1 N–H and O–H groups in total. The first-order valence-electron chi connectivity index (χ1n) is 5.82. The van der Waals surface area contributed by atoms with Crippen LogP contribution in [0.3, 0.4) is 0 Å². The Bertz CT molecular complexity index is 241. The van der Waals surface area contributed by atoms with Crippen molar-refractivity contribution in [3.63, 3.8) is 0 Å². The second-order valence-corrected chi connectivity index (χ2v) is 4.10. The van der Waals surface area contributed by atoms with Crippen LogP contribution in [0.2, 0.25) is 0 Å². The zero-order valence-electron chi connectivity index (χ0n) is 10.7. The Labute approximate surface area is 102 Å². The Morgan fingerprint density at radius 3 is 2.65 bits per heavy atom. The number of methoxy groups -OCH3 is 2.